The standard InChI is InChI=1S/C10H10ClF2NO3/c1-17-10-8(9(12)13)6(3-11)5(4-14-10)2-7(15)16/h4,9H,2-3H2,1H3,(H,15,16). The van der Waals surface area contributed by atoms with Crippen LogP contribution < -0.4 is 4.74 Å². The lowest BCUT2D eigenvalue weighted by Crippen LogP contribution is -2.08. The van der Waals surface area contributed by atoms with Crippen LogP contribution in [0, 0.1) is 0 Å². The van der Waals surface area contributed by atoms with E-state index in [1.807, 2.05) is 0 Å². The number of carbonyl (C=O) groups is 1. The monoisotopic (exact) mass is 265 g/mol. The highest BCUT2D eigenvalue weighted by molar-refractivity contribution is 6.17. The number of ether oxygens (including phenoxy) is 1. The molecule has 0 bridgehead atoms. The van der Waals surface area contributed by atoms with E-state index in [2.05, 4.69) is 4.98 Å². The lowest BCUT2D eigenvalue weighted by molar-refractivity contribution is -0.136. The minimum absolute atomic E-state index is 0.0657. The van der Waals surface area contributed by atoms with Gasteiger partial charge in [-0.1, -0.05) is 0 Å². The Morgan fingerprint density at radius 2 is 2.29 bits per heavy atom. The number of hydrogen-bond acceptors (Lipinski definition) is 3. The SMILES string of the molecule is COc1ncc(CC(=O)O)c(CCl)c1C(F)F. The third-order valence-electron chi connectivity index (χ3n) is 2.17. The van der Waals surface area contributed by atoms with Crippen molar-refractivity contribution in [3.05, 3.63) is 22.9 Å². The summed E-state index contributed by atoms with van der Waals surface area (Å²) in [5, 5.41) is 8.65. The number of nitrogens with zero attached hydrogens (tertiary/aromatic N) is 1. The molecule has 17 heavy (non-hydrogen) atoms. The summed E-state index contributed by atoms with van der Waals surface area (Å²) in [6.45, 7) is 0. The highest BCUT2D eigenvalue weighted by Gasteiger charge is 2.23. The first kappa shape index (κ1) is 13.6. The first-order valence-electron chi connectivity index (χ1n) is 4.61. The Morgan fingerprint density at radius 1 is 1.65 bits per heavy atom. The second-order valence-electron chi connectivity index (χ2n) is 3.19. The molecule has 4 nitrogen and oxygen atoms in total. The minimum atomic E-state index is -2.82. The number of alkyl halides is 3. The van der Waals surface area contributed by atoms with Gasteiger partial charge < -0.3 is 9.84 Å². The summed E-state index contributed by atoms with van der Waals surface area (Å²) in [6.07, 6.45) is -2.03. The summed E-state index contributed by atoms with van der Waals surface area (Å²) >= 11 is 5.58. The van der Waals surface area contributed by atoms with Crippen molar-refractivity contribution in [2.75, 3.05) is 7.11 Å². The molecule has 0 saturated heterocycles. The molecule has 0 fully saturated rings. The molecule has 7 heteroatoms. The number of aliphatic carboxylic acids is 1. The fraction of sp³-hybridized carbons (Fsp3) is 0.400. The quantitative estimate of drug-likeness (QED) is 0.831. The third-order valence-corrected chi connectivity index (χ3v) is 2.43. The molecule has 0 unspecified atom stereocenters. The Bertz CT molecular complexity index is 426. The van der Waals surface area contributed by atoms with Gasteiger partial charge in [-0.05, 0) is 11.1 Å². The largest absolute Gasteiger partial charge is 0.481 e. The van der Waals surface area contributed by atoms with Crippen LogP contribution in [0.4, 0.5) is 8.78 Å². The maximum atomic E-state index is 12.9. The average Bonchev–Trinajstić information content (AvgIpc) is 2.27. The van der Waals surface area contributed by atoms with Crippen LogP contribution in [0.2, 0.25) is 0 Å². The molecule has 0 aromatic carbocycles. The van der Waals surface area contributed by atoms with Crippen LogP contribution in [-0.2, 0) is 17.1 Å². The fourth-order valence-corrected chi connectivity index (χ4v) is 1.76. The molecule has 0 atom stereocenters. The molecule has 94 valence electrons. The van der Waals surface area contributed by atoms with Crippen molar-refractivity contribution in [3.8, 4) is 5.88 Å². The maximum Gasteiger partial charge on any atom is 0.307 e. The zero-order valence-electron chi connectivity index (χ0n) is 8.91. The van der Waals surface area contributed by atoms with Gasteiger partial charge in [-0.15, -0.1) is 11.6 Å². The van der Waals surface area contributed by atoms with Crippen molar-refractivity contribution in [2.24, 2.45) is 0 Å². The molecule has 0 radical (unpaired) electrons. The summed E-state index contributed by atoms with van der Waals surface area (Å²) in [4.78, 5) is 14.2. The highest BCUT2D eigenvalue weighted by Crippen LogP contribution is 2.33. The Morgan fingerprint density at radius 3 is 2.71 bits per heavy atom. The Balaban J connectivity index is 3.35. The summed E-state index contributed by atoms with van der Waals surface area (Å²) < 4.78 is 30.4. The maximum absolute atomic E-state index is 12.9. The van der Waals surface area contributed by atoms with Gasteiger partial charge in [-0.25, -0.2) is 13.8 Å². The van der Waals surface area contributed by atoms with Gasteiger partial charge in [0.15, 0.2) is 0 Å². The van der Waals surface area contributed by atoms with Gasteiger partial charge >= 0.3 is 5.97 Å². The van der Waals surface area contributed by atoms with Gasteiger partial charge in [0.1, 0.15) is 0 Å². The zero-order chi connectivity index (χ0) is 13.0. The molecule has 0 amide bonds. The van der Waals surface area contributed by atoms with Gasteiger partial charge in [0.05, 0.1) is 19.1 Å². The Kier molecular flexibility index (Phi) is 4.62. The lowest BCUT2D eigenvalue weighted by atomic mass is 10.0. The average molecular weight is 266 g/mol. The van der Waals surface area contributed by atoms with Crippen molar-refractivity contribution >= 4 is 17.6 Å². The van der Waals surface area contributed by atoms with E-state index in [0.29, 0.717) is 0 Å². The van der Waals surface area contributed by atoms with E-state index in [1.54, 1.807) is 0 Å². The molecule has 0 saturated carbocycles. The number of halogens is 3. The number of pyridine rings is 1. The zero-order valence-corrected chi connectivity index (χ0v) is 9.67. The van der Waals surface area contributed by atoms with Crippen LogP contribution in [0.25, 0.3) is 0 Å². The van der Waals surface area contributed by atoms with Crippen molar-refractivity contribution in [1.29, 1.82) is 0 Å². The third kappa shape index (κ3) is 3.03. The number of carboxylic acids is 1. The number of aromatic nitrogens is 1. The highest BCUT2D eigenvalue weighted by atomic mass is 35.5. The molecule has 0 spiro atoms. The molecule has 0 aliphatic carbocycles. The molecule has 1 heterocycles. The summed E-state index contributed by atoms with van der Waals surface area (Å²) in [6, 6.07) is 0. The van der Waals surface area contributed by atoms with Gasteiger partial charge in [0.25, 0.3) is 6.43 Å². The van der Waals surface area contributed by atoms with Gasteiger partial charge in [0, 0.05) is 12.1 Å². The van der Waals surface area contributed by atoms with E-state index in [4.69, 9.17) is 21.4 Å². The van der Waals surface area contributed by atoms with Crippen molar-refractivity contribution < 1.29 is 23.4 Å². The normalized spacial score (nSPS) is 10.6. The van der Waals surface area contributed by atoms with Gasteiger partial charge in [0.2, 0.25) is 5.88 Å². The molecular formula is C10H10ClF2NO3. The number of rotatable bonds is 5. The Labute approximate surface area is 101 Å². The van der Waals surface area contributed by atoms with Crippen molar-refractivity contribution in [3.63, 3.8) is 0 Å². The predicted molar refractivity (Wildman–Crippen MR) is 56.6 cm³/mol. The van der Waals surface area contributed by atoms with E-state index in [9.17, 15) is 13.6 Å². The summed E-state index contributed by atoms with van der Waals surface area (Å²) in [5.74, 6) is -1.59. The van der Waals surface area contributed by atoms with E-state index in [1.165, 1.54) is 13.3 Å². The second-order valence-corrected chi connectivity index (χ2v) is 3.46. The number of methoxy groups -OCH3 is 1. The number of hydrogen-bond donors (Lipinski definition) is 1. The Hall–Kier alpha value is -1.43. The predicted octanol–water partition coefficient (Wildman–Crippen LogP) is 2.39. The topological polar surface area (TPSA) is 59.4 Å². The molecule has 1 N–H and O–H groups in total. The van der Waals surface area contributed by atoms with Crippen LogP contribution in [0.5, 0.6) is 5.88 Å². The molecule has 1 rings (SSSR count). The van der Waals surface area contributed by atoms with Crippen LogP contribution in [0.3, 0.4) is 0 Å². The minimum Gasteiger partial charge on any atom is -0.481 e. The fourth-order valence-electron chi connectivity index (χ4n) is 1.45. The second kappa shape index (κ2) is 5.77. The van der Waals surface area contributed by atoms with E-state index in [-0.39, 0.29) is 22.9 Å². The van der Waals surface area contributed by atoms with Gasteiger partial charge in [-0.2, -0.15) is 0 Å². The van der Waals surface area contributed by atoms with Crippen LogP contribution in [0.15, 0.2) is 6.20 Å². The van der Waals surface area contributed by atoms with Crippen LogP contribution in [-0.4, -0.2) is 23.2 Å². The number of carboxylic acid groups (broad SMARTS) is 1. The molecule has 0 aliphatic heterocycles. The molecule has 1 aromatic heterocycles. The smallest absolute Gasteiger partial charge is 0.307 e. The van der Waals surface area contributed by atoms with E-state index in [0.717, 1.165) is 0 Å². The van der Waals surface area contributed by atoms with Crippen LogP contribution in [0.1, 0.15) is 23.1 Å². The van der Waals surface area contributed by atoms with E-state index >= 15 is 0 Å². The molecule has 0 aliphatic rings. The summed E-state index contributed by atoms with van der Waals surface area (Å²) in [7, 11) is 1.21. The van der Waals surface area contributed by atoms with Crippen LogP contribution >= 0.6 is 11.6 Å². The first-order chi connectivity index (χ1) is 8.01. The summed E-state index contributed by atoms with van der Waals surface area (Å²) in [5.41, 5.74) is -0.208. The van der Waals surface area contributed by atoms with Gasteiger partial charge in [-0.3, -0.25) is 4.79 Å². The first-order valence-corrected chi connectivity index (χ1v) is 5.15. The van der Waals surface area contributed by atoms with E-state index < -0.39 is 24.4 Å². The van der Waals surface area contributed by atoms with Crippen molar-refractivity contribution in [1.82, 2.24) is 4.98 Å². The lowest BCUT2D eigenvalue weighted by Gasteiger charge is -2.13. The molecular weight excluding hydrogens is 256 g/mol. The van der Waals surface area contributed by atoms with Crippen molar-refractivity contribution in [2.45, 2.75) is 18.7 Å². The molecule has 1 aromatic rings.